The summed E-state index contributed by atoms with van der Waals surface area (Å²) in [6, 6.07) is 6.18. The molecule has 2 aromatic carbocycles. The van der Waals surface area contributed by atoms with E-state index in [0.717, 1.165) is 25.0 Å². The molecule has 2 amide bonds. The van der Waals surface area contributed by atoms with Crippen molar-refractivity contribution in [3.05, 3.63) is 70.3 Å². The Morgan fingerprint density at radius 1 is 0.933 bits per heavy atom. The van der Waals surface area contributed by atoms with Gasteiger partial charge in [-0.15, -0.1) is 11.3 Å². The molecule has 2 atom stereocenters. The van der Waals surface area contributed by atoms with Gasteiger partial charge in [0.05, 0.1) is 17.9 Å². The molecule has 0 aliphatic heterocycles. The first-order chi connectivity index (χ1) is 21.2. The van der Waals surface area contributed by atoms with Crippen molar-refractivity contribution in [2.75, 3.05) is 31.9 Å². The van der Waals surface area contributed by atoms with Gasteiger partial charge in [0, 0.05) is 48.9 Å². The van der Waals surface area contributed by atoms with Gasteiger partial charge in [-0.05, 0) is 67.5 Å². The molecule has 0 heterocycles. The number of hydrogen-bond acceptors (Lipinski definition) is 6. The molecule has 0 fully saturated rings. The Morgan fingerprint density at radius 2 is 1.51 bits per heavy atom. The molecule has 0 aliphatic carbocycles. The van der Waals surface area contributed by atoms with E-state index in [1.165, 1.54) is 23.2 Å². The smallest absolute Gasteiger partial charge is 0.253 e. The van der Waals surface area contributed by atoms with Gasteiger partial charge in [0.25, 0.3) is 11.8 Å². The number of hydrogen-bond donors (Lipinski definition) is 3. The second-order valence-corrected chi connectivity index (χ2v) is 13.3. The summed E-state index contributed by atoms with van der Waals surface area (Å²) in [6.07, 6.45) is 6.13. The Bertz CT molecular complexity index is 1420. The van der Waals surface area contributed by atoms with E-state index in [0.29, 0.717) is 31.1 Å². The summed E-state index contributed by atoms with van der Waals surface area (Å²) in [7, 11) is -3.72. The number of nitrogens with zero attached hydrogens (tertiary/aromatic N) is 2. The van der Waals surface area contributed by atoms with E-state index in [9.17, 15) is 31.9 Å². The number of aliphatic hydroxyl groups excluding tert-OH is 1. The van der Waals surface area contributed by atoms with E-state index in [1.54, 1.807) is 18.7 Å². The van der Waals surface area contributed by atoms with Crippen LogP contribution in [0.25, 0.3) is 0 Å². The summed E-state index contributed by atoms with van der Waals surface area (Å²) in [6.45, 7) is 10.4. The highest BCUT2D eigenvalue weighted by Crippen LogP contribution is 2.17. The fourth-order valence-corrected chi connectivity index (χ4v) is 6.50. The Balaban J connectivity index is 2.45. The molecule has 2 unspecified atom stereocenters. The predicted octanol–water partition coefficient (Wildman–Crippen LogP) is 4.11. The maximum atomic E-state index is 14.1. The molecule has 0 spiro atoms. The number of amides is 2. The first-order valence-electron chi connectivity index (χ1n) is 15.3. The van der Waals surface area contributed by atoms with Crippen LogP contribution in [-0.4, -0.2) is 79.3 Å². The minimum atomic E-state index is -3.72. The highest BCUT2D eigenvalue weighted by Gasteiger charge is 2.28. The Hall–Kier alpha value is -3.37. The second-order valence-electron chi connectivity index (χ2n) is 11.6. The number of nitrogens with one attached hydrogen (secondary N) is 2. The minimum absolute atomic E-state index is 0.0624. The minimum Gasteiger partial charge on any atom is -0.390 e. The lowest BCUT2D eigenvalue weighted by Gasteiger charge is -2.30. The first kappa shape index (κ1) is 37.8. The number of carbonyl (C=O) groups is 2. The van der Waals surface area contributed by atoms with Gasteiger partial charge < -0.3 is 15.3 Å². The average Bonchev–Trinajstić information content (AvgIpc) is 2.94. The van der Waals surface area contributed by atoms with Crippen LogP contribution in [0.1, 0.15) is 85.7 Å². The van der Waals surface area contributed by atoms with Crippen molar-refractivity contribution in [1.29, 1.82) is 0 Å². The number of terminal acetylenes is 1. The van der Waals surface area contributed by atoms with Gasteiger partial charge in [-0.3, -0.25) is 9.59 Å². The number of aliphatic hydroxyl groups is 1. The van der Waals surface area contributed by atoms with Crippen LogP contribution in [0, 0.1) is 29.9 Å². The quantitative estimate of drug-likeness (QED) is 0.165. The van der Waals surface area contributed by atoms with Crippen LogP contribution in [0.2, 0.25) is 0 Å². The third kappa shape index (κ3) is 12.5. The molecule has 0 aliphatic rings. The molecule has 0 aromatic heterocycles. The average molecular weight is 649 g/mol. The van der Waals surface area contributed by atoms with Crippen LogP contribution in [-0.2, 0) is 16.4 Å². The number of sulfonamides is 1. The third-order valence-corrected chi connectivity index (χ3v) is 8.41. The van der Waals surface area contributed by atoms with Gasteiger partial charge in [0.15, 0.2) is 0 Å². The lowest BCUT2D eigenvalue weighted by Crippen LogP contribution is -2.53. The van der Waals surface area contributed by atoms with Crippen LogP contribution in [0.3, 0.4) is 0 Å². The summed E-state index contributed by atoms with van der Waals surface area (Å²) >= 11 is 0. The van der Waals surface area contributed by atoms with Crippen molar-refractivity contribution < 1.29 is 31.9 Å². The van der Waals surface area contributed by atoms with Crippen LogP contribution < -0.4 is 10.1 Å². The normalized spacial score (nSPS) is 13.0. The van der Waals surface area contributed by atoms with E-state index in [1.807, 2.05) is 20.8 Å². The summed E-state index contributed by atoms with van der Waals surface area (Å²) in [4.78, 5) is 31.1. The lowest BCUT2D eigenvalue weighted by atomic mass is 9.99. The molecule has 2 aromatic rings. The molecule has 9 nitrogen and oxygen atoms in total. The molecular weight excluding hydrogens is 602 g/mol. The Labute approximate surface area is 266 Å². The molecule has 0 radical (unpaired) electrons. The Morgan fingerprint density at radius 3 is 2.04 bits per heavy atom. The zero-order valence-corrected chi connectivity index (χ0v) is 27.6. The van der Waals surface area contributed by atoms with E-state index in [-0.39, 0.29) is 53.8 Å². The van der Waals surface area contributed by atoms with Crippen molar-refractivity contribution in [2.45, 2.75) is 72.4 Å². The van der Waals surface area contributed by atoms with E-state index >= 15 is 0 Å². The van der Waals surface area contributed by atoms with Crippen LogP contribution >= 0.6 is 0 Å². The number of carbonyl (C=O) groups excluding carboxylic acids is 2. The van der Waals surface area contributed by atoms with Gasteiger partial charge in [-0.25, -0.2) is 22.2 Å². The number of hydrazine groups is 1. The molecule has 0 bridgehead atoms. The standard InChI is InChI=1S/C33H46F2N4O5S/c1-7-11-38(12-8-2)33(42)27-15-24(10-4)14-26(19-27)32(41)36-30(18-25-16-28(34)20-29(35)17-25)31(40)21-39(13-9-3)37-45(43,44)22-23(5)6/h4,14-17,19-20,23,30-31,37,40H,7-9,11-13,18,21-22H2,1-3,5-6H3,(H,36,41). The maximum absolute atomic E-state index is 14.1. The summed E-state index contributed by atoms with van der Waals surface area (Å²) in [5.74, 6) is -0.414. The monoisotopic (exact) mass is 648 g/mol. The summed E-state index contributed by atoms with van der Waals surface area (Å²) in [5.41, 5.74) is 0.766. The SMILES string of the molecule is C#Cc1cc(C(=O)NC(Cc2cc(F)cc(F)c2)C(O)CN(CCC)NS(=O)(=O)CC(C)C)cc(C(=O)N(CCC)CCC)c1. The topological polar surface area (TPSA) is 119 Å². The van der Waals surface area contributed by atoms with Gasteiger partial charge in [-0.2, -0.15) is 0 Å². The van der Waals surface area contributed by atoms with Gasteiger partial charge in [0.1, 0.15) is 11.6 Å². The van der Waals surface area contributed by atoms with Crippen molar-refractivity contribution >= 4 is 21.8 Å². The van der Waals surface area contributed by atoms with Gasteiger partial charge in [0.2, 0.25) is 10.0 Å². The fourth-order valence-electron chi connectivity index (χ4n) is 4.99. The van der Waals surface area contributed by atoms with Crippen LogP contribution in [0.4, 0.5) is 8.78 Å². The highest BCUT2D eigenvalue weighted by atomic mass is 32.2. The fraction of sp³-hybridized carbons (Fsp3) is 0.515. The number of halogens is 2. The summed E-state index contributed by atoms with van der Waals surface area (Å²) in [5, 5.41) is 15.4. The van der Waals surface area contributed by atoms with Crippen molar-refractivity contribution in [3.8, 4) is 12.3 Å². The number of benzene rings is 2. The second kappa shape index (κ2) is 17.9. The molecular formula is C33H46F2N4O5S. The van der Waals surface area contributed by atoms with Crippen LogP contribution in [0.5, 0.6) is 0 Å². The van der Waals surface area contributed by atoms with E-state index in [2.05, 4.69) is 16.1 Å². The van der Waals surface area contributed by atoms with E-state index in [4.69, 9.17) is 6.42 Å². The zero-order chi connectivity index (χ0) is 33.7. The molecule has 12 heteroatoms. The molecule has 248 valence electrons. The third-order valence-electron chi connectivity index (χ3n) is 6.76. The van der Waals surface area contributed by atoms with Gasteiger partial charge in [-0.1, -0.05) is 40.5 Å². The largest absolute Gasteiger partial charge is 0.390 e. The number of rotatable bonds is 18. The van der Waals surface area contributed by atoms with Crippen molar-refractivity contribution in [2.24, 2.45) is 5.92 Å². The molecule has 45 heavy (non-hydrogen) atoms. The van der Waals surface area contributed by atoms with Crippen molar-refractivity contribution in [1.82, 2.24) is 20.1 Å². The first-order valence-corrected chi connectivity index (χ1v) is 17.0. The molecule has 0 saturated carbocycles. The van der Waals surface area contributed by atoms with E-state index < -0.39 is 39.7 Å². The zero-order valence-electron chi connectivity index (χ0n) is 26.8. The van der Waals surface area contributed by atoms with Gasteiger partial charge >= 0.3 is 0 Å². The summed E-state index contributed by atoms with van der Waals surface area (Å²) < 4.78 is 53.4. The predicted molar refractivity (Wildman–Crippen MR) is 172 cm³/mol. The molecule has 3 N–H and O–H groups in total. The van der Waals surface area contributed by atoms with Crippen molar-refractivity contribution in [3.63, 3.8) is 0 Å². The molecule has 0 saturated heterocycles. The molecule has 2 rings (SSSR count). The maximum Gasteiger partial charge on any atom is 0.253 e. The Kier molecular flexibility index (Phi) is 15.1. The highest BCUT2D eigenvalue weighted by molar-refractivity contribution is 7.89. The lowest BCUT2D eigenvalue weighted by molar-refractivity contribution is 0.0618. The van der Waals surface area contributed by atoms with Crippen LogP contribution in [0.15, 0.2) is 36.4 Å².